The zero-order chi connectivity index (χ0) is 9.90. The lowest BCUT2D eigenvalue weighted by molar-refractivity contribution is 0.173. The zero-order valence-corrected chi connectivity index (χ0v) is 10.8. The quantitative estimate of drug-likeness (QED) is 0.752. The normalized spacial score (nSPS) is 12.4. The number of halogens is 1. The lowest BCUT2D eigenvalue weighted by Gasteiger charge is -2.33. The summed E-state index contributed by atoms with van der Waals surface area (Å²) >= 11 is 5.30. The van der Waals surface area contributed by atoms with Crippen LogP contribution >= 0.6 is 27.3 Å². The first-order valence-corrected chi connectivity index (χ1v) is 6.41. The first kappa shape index (κ1) is 11.2. The van der Waals surface area contributed by atoms with Crippen LogP contribution in [0.2, 0.25) is 0 Å². The Hall–Kier alpha value is 0.140. The van der Waals surface area contributed by atoms with Gasteiger partial charge in [-0.1, -0.05) is 15.9 Å². The molecule has 0 aliphatic carbocycles. The molecule has 0 amide bonds. The van der Waals surface area contributed by atoms with Crippen molar-refractivity contribution in [2.45, 2.75) is 25.9 Å². The lowest BCUT2D eigenvalue weighted by atomic mass is 10.1. The summed E-state index contributed by atoms with van der Waals surface area (Å²) in [5.74, 6) is 0. The Balaban J connectivity index is 2.55. The molecule has 0 bridgehead atoms. The van der Waals surface area contributed by atoms with E-state index in [0.717, 1.165) is 11.9 Å². The Bertz CT molecular complexity index is 243. The van der Waals surface area contributed by atoms with Crippen molar-refractivity contribution in [1.29, 1.82) is 0 Å². The second-order valence-electron chi connectivity index (χ2n) is 3.93. The third-order valence-electron chi connectivity index (χ3n) is 2.36. The summed E-state index contributed by atoms with van der Waals surface area (Å²) in [4.78, 5) is 2.36. The highest BCUT2D eigenvalue weighted by Crippen LogP contribution is 2.18. The average Bonchev–Trinajstić information content (AvgIpc) is 2.57. The second-order valence-corrected chi connectivity index (χ2v) is 5.27. The van der Waals surface area contributed by atoms with E-state index in [1.165, 1.54) is 5.56 Å². The summed E-state index contributed by atoms with van der Waals surface area (Å²) in [6.07, 6.45) is 0. The number of hydrogen-bond acceptors (Lipinski definition) is 2. The maximum absolute atomic E-state index is 3.54. The van der Waals surface area contributed by atoms with Crippen LogP contribution in [0.15, 0.2) is 16.8 Å². The average molecular weight is 262 g/mol. The number of nitrogens with zero attached hydrogens (tertiary/aromatic N) is 1. The van der Waals surface area contributed by atoms with Crippen molar-refractivity contribution >= 4 is 27.3 Å². The fourth-order valence-electron chi connectivity index (χ4n) is 0.973. The van der Waals surface area contributed by atoms with Crippen LogP contribution in [0.5, 0.6) is 0 Å². The molecule has 1 aromatic heterocycles. The highest BCUT2D eigenvalue weighted by molar-refractivity contribution is 9.09. The summed E-state index contributed by atoms with van der Waals surface area (Å²) in [7, 11) is 2.17. The van der Waals surface area contributed by atoms with Crippen molar-refractivity contribution in [1.82, 2.24) is 4.90 Å². The van der Waals surface area contributed by atoms with E-state index in [0.29, 0.717) is 0 Å². The van der Waals surface area contributed by atoms with E-state index in [4.69, 9.17) is 0 Å². The fraction of sp³-hybridized carbons (Fsp3) is 0.600. The number of hydrogen-bond donors (Lipinski definition) is 0. The van der Waals surface area contributed by atoms with Gasteiger partial charge in [-0.15, -0.1) is 0 Å². The van der Waals surface area contributed by atoms with Crippen LogP contribution in [0, 0.1) is 0 Å². The fourth-order valence-corrected chi connectivity index (χ4v) is 2.06. The minimum atomic E-state index is 0.224. The first-order chi connectivity index (χ1) is 6.06. The van der Waals surface area contributed by atoms with Crippen LogP contribution in [-0.4, -0.2) is 22.8 Å². The van der Waals surface area contributed by atoms with E-state index < -0.39 is 0 Å². The highest BCUT2D eigenvalue weighted by Gasteiger charge is 2.21. The van der Waals surface area contributed by atoms with Crippen LogP contribution in [0.3, 0.4) is 0 Å². The molecule has 0 atom stereocenters. The van der Waals surface area contributed by atoms with Gasteiger partial charge in [-0.3, -0.25) is 4.90 Å². The molecule has 1 nitrogen and oxygen atoms in total. The number of thiophene rings is 1. The first-order valence-electron chi connectivity index (χ1n) is 4.34. The van der Waals surface area contributed by atoms with Crippen LogP contribution in [-0.2, 0) is 6.54 Å². The molecule has 0 fully saturated rings. The van der Waals surface area contributed by atoms with Gasteiger partial charge in [0.05, 0.1) is 0 Å². The van der Waals surface area contributed by atoms with E-state index >= 15 is 0 Å². The Morgan fingerprint density at radius 1 is 1.54 bits per heavy atom. The van der Waals surface area contributed by atoms with E-state index in [9.17, 15) is 0 Å². The molecule has 1 rings (SSSR count). The van der Waals surface area contributed by atoms with Gasteiger partial charge in [0, 0.05) is 17.4 Å². The largest absolute Gasteiger partial charge is 0.296 e. The molecule has 1 aromatic rings. The van der Waals surface area contributed by atoms with Crippen LogP contribution in [0.1, 0.15) is 19.4 Å². The molecule has 74 valence electrons. The van der Waals surface area contributed by atoms with Gasteiger partial charge < -0.3 is 0 Å². The predicted octanol–water partition coefficient (Wildman–Crippen LogP) is 3.35. The molecule has 0 N–H and O–H groups in total. The summed E-state index contributed by atoms with van der Waals surface area (Å²) in [5.41, 5.74) is 1.63. The van der Waals surface area contributed by atoms with Gasteiger partial charge in [0.2, 0.25) is 0 Å². The van der Waals surface area contributed by atoms with Gasteiger partial charge in [-0.2, -0.15) is 11.3 Å². The Morgan fingerprint density at radius 3 is 2.69 bits per heavy atom. The minimum Gasteiger partial charge on any atom is -0.296 e. The van der Waals surface area contributed by atoms with Gasteiger partial charge >= 0.3 is 0 Å². The maximum Gasteiger partial charge on any atom is 0.0250 e. The third kappa shape index (κ3) is 3.08. The highest BCUT2D eigenvalue weighted by atomic mass is 79.9. The van der Waals surface area contributed by atoms with E-state index in [-0.39, 0.29) is 5.54 Å². The molecule has 3 heteroatoms. The van der Waals surface area contributed by atoms with Crippen LogP contribution in [0.25, 0.3) is 0 Å². The van der Waals surface area contributed by atoms with Crippen molar-refractivity contribution in [2.24, 2.45) is 0 Å². The topological polar surface area (TPSA) is 3.24 Å². The van der Waals surface area contributed by atoms with Crippen LogP contribution < -0.4 is 0 Å². The standard InChI is InChI=1S/C10H16BrNS/c1-10(2,8-11)12(3)6-9-4-5-13-7-9/h4-5,7H,6,8H2,1-3H3. The molecule has 0 aromatic carbocycles. The molecule has 0 aliphatic heterocycles. The molecule has 0 spiro atoms. The Morgan fingerprint density at radius 2 is 2.23 bits per heavy atom. The van der Waals surface area contributed by atoms with Gasteiger partial charge in [0.25, 0.3) is 0 Å². The van der Waals surface area contributed by atoms with Crippen molar-refractivity contribution in [3.8, 4) is 0 Å². The maximum atomic E-state index is 3.54. The number of rotatable bonds is 4. The molecule has 0 unspecified atom stereocenters. The van der Waals surface area contributed by atoms with Gasteiger partial charge in [0.1, 0.15) is 0 Å². The molecular weight excluding hydrogens is 246 g/mol. The van der Waals surface area contributed by atoms with Crippen molar-refractivity contribution in [3.63, 3.8) is 0 Å². The smallest absolute Gasteiger partial charge is 0.0250 e. The summed E-state index contributed by atoms with van der Waals surface area (Å²) in [5, 5.41) is 5.34. The monoisotopic (exact) mass is 261 g/mol. The molecule has 13 heavy (non-hydrogen) atoms. The van der Waals surface area contributed by atoms with Gasteiger partial charge in [0.15, 0.2) is 0 Å². The summed E-state index contributed by atoms with van der Waals surface area (Å²) in [6, 6.07) is 2.19. The predicted molar refractivity (Wildman–Crippen MR) is 63.7 cm³/mol. The molecule has 0 radical (unpaired) electrons. The second kappa shape index (κ2) is 4.58. The van der Waals surface area contributed by atoms with Crippen molar-refractivity contribution < 1.29 is 0 Å². The zero-order valence-electron chi connectivity index (χ0n) is 8.38. The molecule has 0 aliphatic rings. The molecular formula is C10H16BrNS. The SMILES string of the molecule is CN(Cc1ccsc1)C(C)(C)CBr. The van der Waals surface area contributed by atoms with Crippen molar-refractivity contribution in [3.05, 3.63) is 22.4 Å². The number of alkyl halides is 1. The van der Waals surface area contributed by atoms with E-state index in [2.05, 4.69) is 58.6 Å². The summed E-state index contributed by atoms with van der Waals surface area (Å²) < 4.78 is 0. The third-order valence-corrected chi connectivity index (χ3v) is 4.46. The van der Waals surface area contributed by atoms with Gasteiger partial charge in [-0.25, -0.2) is 0 Å². The van der Waals surface area contributed by atoms with E-state index in [1.807, 2.05) is 0 Å². The molecule has 1 heterocycles. The Kier molecular flexibility index (Phi) is 3.95. The molecule has 0 saturated carbocycles. The Labute approximate surface area is 92.9 Å². The van der Waals surface area contributed by atoms with Crippen LogP contribution in [0.4, 0.5) is 0 Å². The summed E-state index contributed by atoms with van der Waals surface area (Å²) in [6.45, 7) is 5.52. The minimum absolute atomic E-state index is 0.224. The van der Waals surface area contributed by atoms with Gasteiger partial charge in [-0.05, 0) is 43.3 Å². The lowest BCUT2D eigenvalue weighted by Crippen LogP contribution is -2.41. The van der Waals surface area contributed by atoms with Crippen molar-refractivity contribution in [2.75, 3.05) is 12.4 Å². The van der Waals surface area contributed by atoms with E-state index in [1.54, 1.807) is 11.3 Å². The molecule has 0 saturated heterocycles.